The molecule has 0 heterocycles. The topological polar surface area (TPSA) is 0 Å². The van der Waals surface area contributed by atoms with Gasteiger partial charge < -0.3 is 0 Å². The van der Waals surface area contributed by atoms with Gasteiger partial charge in [0.05, 0.1) is 0 Å². The third-order valence-corrected chi connectivity index (χ3v) is 5.74. The first kappa shape index (κ1) is 9.71. The molecule has 0 bridgehead atoms. The van der Waals surface area contributed by atoms with Gasteiger partial charge in [-0.05, 0) is 49.0 Å². The summed E-state index contributed by atoms with van der Waals surface area (Å²) in [5, 5.41) is 0. The number of hydrogen-bond donors (Lipinski definition) is 1. The highest BCUT2D eigenvalue weighted by atomic mass is 33.7. The molecule has 4 heteroatoms. The maximum absolute atomic E-state index is 4.04. The van der Waals surface area contributed by atoms with E-state index >= 15 is 0 Å². The molecule has 0 atom stereocenters. The fraction of sp³-hybridized carbons (Fsp3) is 0.143. The van der Waals surface area contributed by atoms with Crippen LogP contribution in [0, 0.1) is 6.92 Å². The van der Waals surface area contributed by atoms with E-state index in [9.17, 15) is 0 Å². The van der Waals surface area contributed by atoms with Crippen molar-refractivity contribution in [3.05, 3.63) is 29.8 Å². The highest BCUT2D eigenvalue weighted by molar-refractivity contribution is 9.23. The fourth-order valence-electron chi connectivity index (χ4n) is 0.702. The van der Waals surface area contributed by atoms with Crippen LogP contribution in [0.4, 0.5) is 0 Å². The molecule has 0 spiro atoms. The fourth-order valence-corrected chi connectivity index (χ4v) is 3.77. The van der Waals surface area contributed by atoms with Crippen LogP contribution in [0.1, 0.15) is 5.56 Å². The minimum absolute atomic E-state index is 1.32. The summed E-state index contributed by atoms with van der Waals surface area (Å²) >= 11 is 4.04. The highest BCUT2D eigenvalue weighted by Gasteiger charge is 1.96. The van der Waals surface area contributed by atoms with Crippen LogP contribution in [-0.2, 0) is 0 Å². The van der Waals surface area contributed by atoms with Gasteiger partial charge in [0.2, 0.25) is 0 Å². The summed E-state index contributed by atoms with van der Waals surface area (Å²) in [6, 6.07) is 8.35. The zero-order valence-electron chi connectivity index (χ0n) is 5.98. The van der Waals surface area contributed by atoms with Gasteiger partial charge in [0.25, 0.3) is 0 Å². The van der Waals surface area contributed by atoms with Crippen molar-refractivity contribution >= 4 is 42.1 Å². The second kappa shape index (κ2) is 5.30. The quantitative estimate of drug-likeness (QED) is 0.598. The molecule has 0 fully saturated rings. The average Bonchev–Trinajstić information content (AvgIpc) is 2.03. The summed E-state index contributed by atoms with van der Waals surface area (Å²) in [5.74, 6) is 0. The largest absolute Gasteiger partial charge is 0.0989 e. The summed E-state index contributed by atoms with van der Waals surface area (Å²) in [4.78, 5) is 1.32. The molecule has 60 valence electrons. The molecule has 0 unspecified atom stereocenters. The SMILES string of the molecule is Cc1ccccc1SSSS. The molecule has 0 aliphatic heterocycles. The van der Waals surface area contributed by atoms with Crippen molar-refractivity contribution in [3.8, 4) is 0 Å². The first-order chi connectivity index (χ1) is 5.34. The molecule has 0 aromatic heterocycles. The van der Waals surface area contributed by atoms with E-state index in [4.69, 9.17) is 0 Å². The van der Waals surface area contributed by atoms with Crippen molar-refractivity contribution in [2.75, 3.05) is 0 Å². The molecular formula is C7H8S4. The third kappa shape index (κ3) is 3.23. The molecule has 0 radical (unpaired) electrons. The minimum atomic E-state index is 1.32. The van der Waals surface area contributed by atoms with Gasteiger partial charge in [-0.25, -0.2) is 0 Å². The number of rotatable bonds is 3. The van der Waals surface area contributed by atoms with Crippen LogP contribution in [0.25, 0.3) is 0 Å². The molecule has 1 aromatic rings. The third-order valence-electron chi connectivity index (χ3n) is 1.25. The van der Waals surface area contributed by atoms with Gasteiger partial charge in [0.15, 0.2) is 0 Å². The van der Waals surface area contributed by atoms with E-state index in [1.807, 2.05) is 0 Å². The predicted molar refractivity (Wildman–Crippen MR) is 61.2 cm³/mol. The van der Waals surface area contributed by atoms with E-state index in [1.165, 1.54) is 20.3 Å². The summed E-state index contributed by atoms with van der Waals surface area (Å²) in [6.45, 7) is 2.12. The Labute approximate surface area is 83.5 Å². The molecule has 1 rings (SSSR count). The summed E-state index contributed by atoms with van der Waals surface area (Å²) in [6.07, 6.45) is 0. The van der Waals surface area contributed by atoms with Crippen LogP contribution in [0.2, 0.25) is 0 Å². The molecule has 1 aromatic carbocycles. The Bertz CT molecular complexity index is 223. The van der Waals surface area contributed by atoms with Crippen LogP contribution in [0.5, 0.6) is 0 Å². The Morgan fingerprint density at radius 1 is 1.27 bits per heavy atom. The summed E-state index contributed by atoms with van der Waals surface area (Å²) < 4.78 is 0. The van der Waals surface area contributed by atoms with Crippen molar-refractivity contribution in [1.82, 2.24) is 0 Å². The van der Waals surface area contributed by atoms with Crippen LogP contribution >= 0.6 is 42.1 Å². The van der Waals surface area contributed by atoms with Crippen LogP contribution in [0.3, 0.4) is 0 Å². The molecule has 0 aliphatic rings. The van der Waals surface area contributed by atoms with E-state index < -0.39 is 0 Å². The maximum atomic E-state index is 4.04. The standard InChI is InChI=1S/C7H8S4/c1-6-4-2-3-5-7(6)9-11-10-8/h2-5,8H,1H3. The highest BCUT2D eigenvalue weighted by Crippen LogP contribution is 2.42. The Balaban J connectivity index is 2.62. The smallest absolute Gasteiger partial charge is 0.0220 e. The monoisotopic (exact) mass is 220 g/mol. The van der Waals surface area contributed by atoms with Crippen molar-refractivity contribution in [2.24, 2.45) is 0 Å². The Kier molecular flexibility index (Phi) is 4.67. The van der Waals surface area contributed by atoms with Crippen molar-refractivity contribution < 1.29 is 0 Å². The second-order valence-corrected chi connectivity index (χ2v) is 6.80. The Morgan fingerprint density at radius 3 is 2.64 bits per heavy atom. The van der Waals surface area contributed by atoms with Gasteiger partial charge in [0.1, 0.15) is 0 Å². The molecule has 11 heavy (non-hydrogen) atoms. The molecular weight excluding hydrogens is 212 g/mol. The Morgan fingerprint density at radius 2 is 2.00 bits per heavy atom. The molecule has 0 saturated heterocycles. The van der Waals surface area contributed by atoms with Gasteiger partial charge in [0, 0.05) is 4.90 Å². The van der Waals surface area contributed by atoms with E-state index in [0.29, 0.717) is 0 Å². The van der Waals surface area contributed by atoms with E-state index in [2.05, 4.69) is 42.9 Å². The second-order valence-electron chi connectivity index (χ2n) is 1.99. The molecule has 0 saturated carbocycles. The number of aryl methyl sites for hydroxylation is 1. The van der Waals surface area contributed by atoms with Gasteiger partial charge in [-0.2, -0.15) is 0 Å². The zero-order valence-corrected chi connectivity index (χ0v) is 9.33. The molecule has 0 nitrogen and oxygen atoms in total. The van der Waals surface area contributed by atoms with Gasteiger partial charge in [-0.3, -0.25) is 0 Å². The first-order valence-corrected chi connectivity index (χ1v) is 7.58. The zero-order chi connectivity index (χ0) is 8.10. The summed E-state index contributed by atoms with van der Waals surface area (Å²) in [5.41, 5.74) is 1.33. The van der Waals surface area contributed by atoms with Gasteiger partial charge in [-0.1, -0.05) is 29.9 Å². The van der Waals surface area contributed by atoms with Crippen LogP contribution in [0.15, 0.2) is 29.2 Å². The molecule has 0 N–H and O–H groups in total. The Hall–Kier alpha value is 0.620. The minimum Gasteiger partial charge on any atom is -0.0989 e. The van der Waals surface area contributed by atoms with Crippen molar-refractivity contribution in [3.63, 3.8) is 0 Å². The van der Waals surface area contributed by atoms with E-state index in [1.54, 1.807) is 20.6 Å². The number of thiol groups is 1. The summed E-state index contributed by atoms with van der Waals surface area (Å²) in [7, 11) is 4.90. The number of hydrogen-bond acceptors (Lipinski definition) is 4. The first-order valence-electron chi connectivity index (χ1n) is 3.05. The lowest BCUT2D eigenvalue weighted by atomic mass is 10.2. The van der Waals surface area contributed by atoms with Gasteiger partial charge in [-0.15, -0.1) is 0 Å². The average molecular weight is 220 g/mol. The maximum Gasteiger partial charge on any atom is 0.0220 e. The lowest BCUT2D eigenvalue weighted by molar-refractivity contribution is 1.31. The van der Waals surface area contributed by atoms with Crippen molar-refractivity contribution in [2.45, 2.75) is 11.8 Å². The van der Waals surface area contributed by atoms with Crippen LogP contribution < -0.4 is 0 Å². The normalized spacial score (nSPS) is 10.0. The van der Waals surface area contributed by atoms with E-state index in [-0.39, 0.29) is 0 Å². The lowest BCUT2D eigenvalue weighted by Crippen LogP contribution is -1.73. The lowest BCUT2D eigenvalue weighted by Gasteiger charge is -2.00. The molecule has 0 aliphatic carbocycles. The number of benzene rings is 1. The predicted octanol–water partition coefficient (Wildman–Crippen LogP) is 4.23. The molecule has 0 amide bonds. The van der Waals surface area contributed by atoms with Gasteiger partial charge >= 0.3 is 0 Å². The van der Waals surface area contributed by atoms with Crippen LogP contribution in [-0.4, -0.2) is 0 Å². The van der Waals surface area contributed by atoms with E-state index in [0.717, 1.165) is 0 Å². The van der Waals surface area contributed by atoms with Crippen molar-refractivity contribution in [1.29, 1.82) is 0 Å².